The molecular formula is C16H18N2. The lowest BCUT2D eigenvalue weighted by atomic mass is 10.0. The van der Waals surface area contributed by atoms with Gasteiger partial charge < -0.3 is 0 Å². The fourth-order valence-electron chi connectivity index (χ4n) is 1.82. The van der Waals surface area contributed by atoms with E-state index in [2.05, 4.69) is 31.8 Å². The molecule has 1 heterocycles. The van der Waals surface area contributed by atoms with Gasteiger partial charge in [0.15, 0.2) is 0 Å². The summed E-state index contributed by atoms with van der Waals surface area (Å²) in [6, 6.07) is 14.1. The Hall–Kier alpha value is -1.96. The van der Waals surface area contributed by atoms with Crippen LogP contribution < -0.4 is 0 Å². The molecule has 0 fully saturated rings. The van der Waals surface area contributed by atoms with E-state index in [9.17, 15) is 0 Å². The maximum Gasteiger partial charge on any atom is 0.0847 e. The molecule has 18 heavy (non-hydrogen) atoms. The molecule has 2 nitrogen and oxygen atoms in total. The summed E-state index contributed by atoms with van der Waals surface area (Å²) in [5, 5.41) is 0. The smallest absolute Gasteiger partial charge is 0.0847 e. The summed E-state index contributed by atoms with van der Waals surface area (Å²) in [7, 11) is 0. The second-order valence-electron chi connectivity index (χ2n) is 4.65. The van der Waals surface area contributed by atoms with Crippen LogP contribution in [-0.2, 0) is 0 Å². The molecular weight excluding hydrogens is 220 g/mol. The van der Waals surface area contributed by atoms with Gasteiger partial charge in [-0.05, 0) is 36.6 Å². The molecule has 2 heteroatoms. The van der Waals surface area contributed by atoms with Crippen molar-refractivity contribution in [2.24, 2.45) is 10.9 Å². The number of rotatable bonds is 3. The van der Waals surface area contributed by atoms with Crippen LogP contribution in [0.15, 0.2) is 53.7 Å². The average molecular weight is 238 g/mol. The Kier molecular flexibility index (Phi) is 3.88. The first-order valence-electron chi connectivity index (χ1n) is 6.24. The molecule has 0 spiro atoms. The van der Waals surface area contributed by atoms with Gasteiger partial charge in [-0.1, -0.05) is 38.1 Å². The predicted octanol–water partition coefficient (Wildman–Crippen LogP) is 4.17. The van der Waals surface area contributed by atoms with E-state index in [0.717, 1.165) is 17.1 Å². The van der Waals surface area contributed by atoms with Gasteiger partial charge in [0.25, 0.3) is 0 Å². The number of hydrogen-bond acceptors (Lipinski definition) is 2. The Balaban J connectivity index is 2.47. The van der Waals surface area contributed by atoms with Crippen molar-refractivity contribution >= 4 is 11.4 Å². The minimum absolute atomic E-state index is 0.347. The summed E-state index contributed by atoms with van der Waals surface area (Å²) in [6.45, 7) is 6.37. The zero-order valence-corrected chi connectivity index (χ0v) is 11.1. The van der Waals surface area contributed by atoms with Gasteiger partial charge in [0.05, 0.1) is 17.1 Å². The van der Waals surface area contributed by atoms with Crippen molar-refractivity contribution in [2.75, 3.05) is 0 Å². The zero-order chi connectivity index (χ0) is 13.0. The normalized spacial score (nSPS) is 11.9. The third-order valence-corrected chi connectivity index (χ3v) is 2.83. The van der Waals surface area contributed by atoms with Crippen LogP contribution in [0.1, 0.15) is 25.1 Å². The molecule has 0 N–H and O–H groups in total. The third-order valence-electron chi connectivity index (χ3n) is 2.83. The fourth-order valence-corrected chi connectivity index (χ4v) is 1.82. The highest BCUT2D eigenvalue weighted by molar-refractivity contribution is 6.01. The van der Waals surface area contributed by atoms with E-state index in [-0.39, 0.29) is 0 Å². The first kappa shape index (κ1) is 12.5. The van der Waals surface area contributed by atoms with Gasteiger partial charge in [-0.3, -0.25) is 9.98 Å². The van der Waals surface area contributed by atoms with E-state index in [1.807, 2.05) is 42.6 Å². The van der Waals surface area contributed by atoms with Crippen LogP contribution in [0.2, 0.25) is 0 Å². The van der Waals surface area contributed by atoms with Crippen molar-refractivity contribution in [1.29, 1.82) is 0 Å². The lowest BCUT2D eigenvalue weighted by Gasteiger charge is -2.10. The summed E-state index contributed by atoms with van der Waals surface area (Å²) < 4.78 is 0. The molecule has 1 aromatic heterocycles. The van der Waals surface area contributed by atoms with Crippen LogP contribution in [0.25, 0.3) is 0 Å². The van der Waals surface area contributed by atoms with E-state index in [4.69, 9.17) is 4.99 Å². The van der Waals surface area contributed by atoms with Gasteiger partial charge in [-0.25, -0.2) is 0 Å². The molecule has 0 amide bonds. The van der Waals surface area contributed by atoms with Crippen LogP contribution in [0, 0.1) is 12.8 Å². The topological polar surface area (TPSA) is 25.2 Å². The van der Waals surface area contributed by atoms with Gasteiger partial charge in [0.1, 0.15) is 0 Å². The van der Waals surface area contributed by atoms with Gasteiger partial charge in [0, 0.05) is 6.20 Å². The molecule has 1 aromatic carbocycles. The molecule has 0 unspecified atom stereocenters. The summed E-state index contributed by atoms with van der Waals surface area (Å²) in [6.07, 6.45) is 1.81. The summed E-state index contributed by atoms with van der Waals surface area (Å²) in [5.41, 5.74) is 4.19. The minimum Gasteiger partial charge on any atom is -0.255 e. The van der Waals surface area contributed by atoms with Crippen molar-refractivity contribution < 1.29 is 0 Å². The van der Waals surface area contributed by atoms with Crippen molar-refractivity contribution in [3.05, 3.63) is 59.9 Å². The molecule has 0 atom stereocenters. The van der Waals surface area contributed by atoms with Crippen LogP contribution >= 0.6 is 0 Å². The highest BCUT2D eigenvalue weighted by atomic mass is 14.8. The Morgan fingerprint density at radius 2 is 1.78 bits per heavy atom. The Morgan fingerprint density at radius 3 is 2.39 bits per heavy atom. The van der Waals surface area contributed by atoms with E-state index >= 15 is 0 Å². The SMILES string of the molecule is Cc1ccccc1/N=C(/c1ccccn1)C(C)C. The number of aliphatic imine (C=N–C) groups is 1. The predicted molar refractivity (Wildman–Crippen MR) is 76.5 cm³/mol. The number of aryl methyl sites for hydroxylation is 1. The first-order valence-corrected chi connectivity index (χ1v) is 6.24. The van der Waals surface area contributed by atoms with E-state index in [1.165, 1.54) is 5.56 Å². The number of pyridine rings is 1. The minimum atomic E-state index is 0.347. The Bertz CT molecular complexity index is 542. The number of nitrogens with zero attached hydrogens (tertiary/aromatic N) is 2. The van der Waals surface area contributed by atoms with Gasteiger partial charge >= 0.3 is 0 Å². The van der Waals surface area contributed by atoms with Crippen molar-refractivity contribution in [2.45, 2.75) is 20.8 Å². The molecule has 0 radical (unpaired) electrons. The maximum atomic E-state index is 4.78. The second-order valence-corrected chi connectivity index (χ2v) is 4.65. The molecule has 0 aliphatic rings. The summed E-state index contributed by atoms with van der Waals surface area (Å²) >= 11 is 0. The van der Waals surface area contributed by atoms with Crippen molar-refractivity contribution in [1.82, 2.24) is 4.98 Å². The summed E-state index contributed by atoms with van der Waals surface area (Å²) in [5.74, 6) is 0.347. The molecule has 0 aliphatic carbocycles. The third kappa shape index (κ3) is 2.83. The number of hydrogen-bond donors (Lipinski definition) is 0. The molecule has 0 saturated heterocycles. The van der Waals surface area contributed by atoms with Crippen LogP contribution in [-0.4, -0.2) is 10.7 Å². The molecule has 2 aromatic rings. The van der Waals surface area contributed by atoms with Crippen molar-refractivity contribution in [3.63, 3.8) is 0 Å². The van der Waals surface area contributed by atoms with Crippen LogP contribution in [0.3, 0.4) is 0 Å². The van der Waals surface area contributed by atoms with Gasteiger partial charge in [-0.2, -0.15) is 0 Å². The lowest BCUT2D eigenvalue weighted by Crippen LogP contribution is -2.10. The number of benzene rings is 1. The number of aromatic nitrogens is 1. The standard InChI is InChI=1S/C16H18N2/c1-12(2)16(15-10-6-7-11-17-15)18-14-9-5-4-8-13(14)3/h4-12H,1-3H3/b18-16+. The monoisotopic (exact) mass is 238 g/mol. The van der Waals surface area contributed by atoms with E-state index < -0.39 is 0 Å². The quantitative estimate of drug-likeness (QED) is 0.737. The first-order chi connectivity index (χ1) is 8.68. The van der Waals surface area contributed by atoms with Crippen LogP contribution in [0.5, 0.6) is 0 Å². The maximum absolute atomic E-state index is 4.78. The molecule has 92 valence electrons. The zero-order valence-electron chi connectivity index (χ0n) is 11.1. The second kappa shape index (κ2) is 5.58. The molecule has 2 rings (SSSR count). The Morgan fingerprint density at radius 1 is 1.06 bits per heavy atom. The average Bonchev–Trinajstić information content (AvgIpc) is 2.38. The fraction of sp³-hybridized carbons (Fsp3) is 0.250. The van der Waals surface area contributed by atoms with Crippen molar-refractivity contribution in [3.8, 4) is 0 Å². The highest BCUT2D eigenvalue weighted by Crippen LogP contribution is 2.20. The summed E-state index contributed by atoms with van der Waals surface area (Å²) in [4.78, 5) is 9.18. The van der Waals surface area contributed by atoms with Gasteiger partial charge in [0.2, 0.25) is 0 Å². The highest BCUT2D eigenvalue weighted by Gasteiger charge is 2.10. The molecule has 0 bridgehead atoms. The van der Waals surface area contributed by atoms with E-state index in [0.29, 0.717) is 5.92 Å². The Labute approximate surface area is 108 Å². The number of para-hydroxylation sites is 1. The van der Waals surface area contributed by atoms with Gasteiger partial charge in [-0.15, -0.1) is 0 Å². The lowest BCUT2D eigenvalue weighted by molar-refractivity contribution is 0.879. The van der Waals surface area contributed by atoms with E-state index in [1.54, 1.807) is 0 Å². The van der Waals surface area contributed by atoms with Crippen LogP contribution in [0.4, 0.5) is 5.69 Å². The molecule has 0 aliphatic heterocycles. The largest absolute Gasteiger partial charge is 0.255 e. The molecule has 0 saturated carbocycles.